The summed E-state index contributed by atoms with van der Waals surface area (Å²) < 4.78 is 12.6. The summed E-state index contributed by atoms with van der Waals surface area (Å²) in [5.74, 6) is 0.341. The lowest BCUT2D eigenvalue weighted by atomic mass is 10.2. The summed E-state index contributed by atoms with van der Waals surface area (Å²) in [5.41, 5.74) is 3.12. The monoisotopic (exact) mass is 339 g/mol. The van der Waals surface area contributed by atoms with Gasteiger partial charge in [0, 0.05) is 6.54 Å². The SMILES string of the molecule is COC(=O)c1cnn2c(CN(C)C)c(OCc3ccccc3)ccc12. The number of hydrogen-bond acceptors (Lipinski definition) is 5. The molecule has 0 atom stereocenters. The van der Waals surface area contributed by atoms with E-state index >= 15 is 0 Å². The van der Waals surface area contributed by atoms with Crippen molar-refractivity contribution in [2.24, 2.45) is 0 Å². The molecule has 1 aromatic carbocycles. The fraction of sp³-hybridized carbons (Fsp3) is 0.263. The van der Waals surface area contributed by atoms with Gasteiger partial charge in [0.25, 0.3) is 0 Å². The summed E-state index contributed by atoms with van der Waals surface area (Å²) in [6.07, 6.45) is 1.53. The van der Waals surface area contributed by atoms with Crippen molar-refractivity contribution < 1.29 is 14.3 Å². The van der Waals surface area contributed by atoms with Gasteiger partial charge >= 0.3 is 5.97 Å². The highest BCUT2D eigenvalue weighted by atomic mass is 16.5. The van der Waals surface area contributed by atoms with Crippen molar-refractivity contribution in [3.63, 3.8) is 0 Å². The average molecular weight is 339 g/mol. The van der Waals surface area contributed by atoms with Gasteiger partial charge in [-0.05, 0) is 31.8 Å². The number of hydrogen-bond donors (Lipinski definition) is 0. The maximum Gasteiger partial charge on any atom is 0.341 e. The van der Waals surface area contributed by atoms with Crippen molar-refractivity contribution in [2.75, 3.05) is 21.2 Å². The molecule has 3 aromatic rings. The normalized spacial score (nSPS) is 11.0. The van der Waals surface area contributed by atoms with Crippen molar-refractivity contribution in [3.05, 3.63) is 65.5 Å². The quantitative estimate of drug-likeness (QED) is 0.647. The Morgan fingerprint density at radius 3 is 2.60 bits per heavy atom. The molecular weight excluding hydrogens is 318 g/mol. The highest BCUT2D eigenvalue weighted by Crippen LogP contribution is 2.25. The fourth-order valence-electron chi connectivity index (χ4n) is 2.67. The number of fused-ring (bicyclic) bond motifs is 1. The Labute approximate surface area is 146 Å². The molecule has 6 nitrogen and oxygen atoms in total. The molecule has 0 bridgehead atoms. The third kappa shape index (κ3) is 3.64. The topological polar surface area (TPSA) is 56.1 Å². The molecule has 0 aliphatic carbocycles. The first-order chi connectivity index (χ1) is 12.1. The Kier molecular flexibility index (Phi) is 5.00. The largest absolute Gasteiger partial charge is 0.487 e. The summed E-state index contributed by atoms with van der Waals surface area (Å²) >= 11 is 0. The second kappa shape index (κ2) is 7.36. The molecule has 0 aliphatic heterocycles. The molecule has 3 rings (SSSR count). The van der Waals surface area contributed by atoms with Crippen LogP contribution in [0.1, 0.15) is 21.6 Å². The Hall–Kier alpha value is -2.86. The molecule has 0 amide bonds. The van der Waals surface area contributed by atoms with E-state index in [2.05, 4.69) is 5.10 Å². The van der Waals surface area contributed by atoms with Gasteiger partial charge in [-0.3, -0.25) is 0 Å². The minimum absolute atomic E-state index is 0.399. The second-order valence-corrected chi connectivity index (χ2v) is 6.00. The van der Waals surface area contributed by atoms with Gasteiger partial charge in [-0.2, -0.15) is 5.10 Å². The van der Waals surface area contributed by atoms with Crippen LogP contribution in [0.15, 0.2) is 48.7 Å². The van der Waals surface area contributed by atoms with Gasteiger partial charge in [0.1, 0.15) is 17.9 Å². The molecule has 2 heterocycles. The number of ether oxygens (including phenoxy) is 2. The van der Waals surface area contributed by atoms with Gasteiger partial charge in [-0.15, -0.1) is 0 Å². The number of aromatic nitrogens is 2. The van der Waals surface area contributed by atoms with Gasteiger partial charge in [-0.25, -0.2) is 9.31 Å². The lowest BCUT2D eigenvalue weighted by Crippen LogP contribution is -2.16. The molecule has 6 heteroatoms. The predicted molar refractivity (Wildman–Crippen MR) is 94.7 cm³/mol. The fourth-order valence-corrected chi connectivity index (χ4v) is 2.67. The Balaban J connectivity index is 1.98. The molecule has 0 saturated heterocycles. The lowest BCUT2D eigenvalue weighted by molar-refractivity contribution is 0.0603. The van der Waals surface area contributed by atoms with Crippen LogP contribution in [0.3, 0.4) is 0 Å². The number of methoxy groups -OCH3 is 1. The van der Waals surface area contributed by atoms with Crippen LogP contribution >= 0.6 is 0 Å². The van der Waals surface area contributed by atoms with Crippen LogP contribution in [0.5, 0.6) is 5.75 Å². The van der Waals surface area contributed by atoms with Crippen LogP contribution in [0.25, 0.3) is 5.52 Å². The zero-order valence-electron chi connectivity index (χ0n) is 14.6. The zero-order chi connectivity index (χ0) is 17.8. The van der Waals surface area contributed by atoms with Crippen LogP contribution in [0, 0.1) is 0 Å². The highest BCUT2D eigenvalue weighted by molar-refractivity contribution is 5.96. The summed E-state index contributed by atoms with van der Waals surface area (Å²) in [7, 11) is 5.32. The maximum atomic E-state index is 11.9. The highest BCUT2D eigenvalue weighted by Gasteiger charge is 2.18. The number of pyridine rings is 1. The van der Waals surface area contributed by atoms with E-state index in [1.165, 1.54) is 13.3 Å². The molecule has 0 radical (unpaired) electrons. The minimum Gasteiger partial charge on any atom is -0.487 e. The van der Waals surface area contributed by atoms with Gasteiger partial charge < -0.3 is 14.4 Å². The minimum atomic E-state index is -0.399. The average Bonchev–Trinajstić information content (AvgIpc) is 3.05. The van der Waals surface area contributed by atoms with Crippen LogP contribution < -0.4 is 4.74 Å². The van der Waals surface area contributed by atoms with E-state index in [4.69, 9.17) is 9.47 Å². The van der Waals surface area contributed by atoms with Gasteiger partial charge in [-0.1, -0.05) is 30.3 Å². The second-order valence-electron chi connectivity index (χ2n) is 6.00. The number of carbonyl (C=O) groups excluding carboxylic acids is 1. The standard InChI is InChI=1S/C19H21N3O3/c1-21(2)12-17-18(25-13-14-7-5-4-6-8-14)10-9-16-15(19(23)24-3)11-20-22(16)17/h4-11H,12-13H2,1-3H3. The molecule has 25 heavy (non-hydrogen) atoms. The Bertz CT molecular complexity index is 872. The van der Waals surface area contributed by atoms with E-state index in [1.807, 2.05) is 61.5 Å². The number of carbonyl (C=O) groups is 1. The van der Waals surface area contributed by atoms with Crippen molar-refractivity contribution in [2.45, 2.75) is 13.2 Å². The van der Waals surface area contributed by atoms with Crippen molar-refractivity contribution in [1.29, 1.82) is 0 Å². The first-order valence-electron chi connectivity index (χ1n) is 7.99. The molecule has 0 spiro atoms. The smallest absolute Gasteiger partial charge is 0.341 e. The van der Waals surface area contributed by atoms with Crippen LogP contribution in [-0.4, -0.2) is 41.7 Å². The van der Waals surface area contributed by atoms with E-state index in [0.29, 0.717) is 24.2 Å². The van der Waals surface area contributed by atoms with Gasteiger partial charge in [0.05, 0.1) is 24.5 Å². The van der Waals surface area contributed by atoms with Crippen LogP contribution in [-0.2, 0) is 17.9 Å². The van der Waals surface area contributed by atoms with Gasteiger partial charge in [0.2, 0.25) is 0 Å². The summed E-state index contributed by atoms with van der Waals surface area (Å²) in [4.78, 5) is 13.9. The molecule has 0 aliphatic rings. The first kappa shape index (κ1) is 17.0. The van der Waals surface area contributed by atoms with Crippen molar-refractivity contribution >= 4 is 11.5 Å². The van der Waals surface area contributed by atoms with Crippen molar-refractivity contribution in [3.8, 4) is 5.75 Å². The van der Waals surface area contributed by atoms with E-state index in [9.17, 15) is 4.79 Å². The number of nitrogens with zero attached hydrogens (tertiary/aromatic N) is 3. The van der Waals surface area contributed by atoms with Gasteiger partial charge in [0.15, 0.2) is 0 Å². The summed E-state index contributed by atoms with van der Waals surface area (Å²) in [6, 6.07) is 13.7. The Morgan fingerprint density at radius 1 is 1.16 bits per heavy atom. The number of esters is 1. The molecule has 0 saturated carbocycles. The molecule has 130 valence electrons. The molecule has 2 aromatic heterocycles. The van der Waals surface area contributed by atoms with E-state index in [0.717, 1.165) is 17.0 Å². The first-order valence-corrected chi connectivity index (χ1v) is 7.99. The zero-order valence-corrected chi connectivity index (χ0v) is 14.6. The summed E-state index contributed by atoms with van der Waals surface area (Å²) in [5, 5.41) is 4.37. The van der Waals surface area contributed by atoms with E-state index in [1.54, 1.807) is 4.52 Å². The van der Waals surface area contributed by atoms with Crippen LogP contribution in [0.4, 0.5) is 0 Å². The molecular formula is C19H21N3O3. The maximum absolute atomic E-state index is 11.9. The molecule has 0 fully saturated rings. The van der Waals surface area contributed by atoms with E-state index in [-0.39, 0.29) is 0 Å². The molecule has 0 unspecified atom stereocenters. The Morgan fingerprint density at radius 2 is 1.92 bits per heavy atom. The van der Waals surface area contributed by atoms with E-state index < -0.39 is 5.97 Å². The third-order valence-electron chi connectivity index (χ3n) is 3.85. The van der Waals surface area contributed by atoms with Crippen LogP contribution in [0.2, 0.25) is 0 Å². The number of benzene rings is 1. The predicted octanol–water partition coefficient (Wildman–Crippen LogP) is 2.76. The van der Waals surface area contributed by atoms with Crippen molar-refractivity contribution in [1.82, 2.24) is 14.5 Å². The lowest BCUT2D eigenvalue weighted by Gasteiger charge is -2.16. The summed E-state index contributed by atoms with van der Waals surface area (Å²) in [6.45, 7) is 1.10. The molecule has 0 N–H and O–H groups in total. The number of rotatable bonds is 6. The third-order valence-corrected chi connectivity index (χ3v) is 3.85.